The lowest BCUT2D eigenvalue weighted by atomic mass is 9.90. The minimum absolute atomic E-state index is 0.158. The zero-order valence-electron chi connectivity index (χ0n) is 16.2. The smallest absolute Gasteiger partial charge is 0.274 e. The largest absolute Gasteiger partial charge is 0.337 e. The molecule has 1 atom stereocenters. The van der Waals surface area contributed by atoms with E-state index in [-0.39, 0.29) is 5.91 Å². The van der Waals surface area contributed by atoms with Crippen LogP contribution in [0.1, 0.15) is 74.6 Å². The van der Waals surface area contributed by atoms with Gasteiger partial charge < -0.3 is 10.2 Å². The Balaban J connectivity index is 1.74. The van der Waals surface area contributed by atoms with Crippen molar-refractivity contribution < 1.29 is 4.79 Å². The molecule has 5 nitrogen and oxygen atoms in total. The molecule has 5 heteroatoms. The van der Waals surface area contributed by atoms with Crippen LogP contribution in [0.15, 0.2) is 0 Å². The molecule has 0 spiro atoms. The Kier molecular flexibility index (Phi) is 6.15. The molecule has 1 aromatic rings. The van der Waals surface area contributed by atoms with E-state index < -0.39 is 0 Å². The van der Waals surface area contributed by atoms with E-state index in [0.29, 0.717) is 6.04 Å². The van der Waals surface area contributed by atoms with E-state index in [1.807, 2.05) is 4.90 Å². The molecule has 0 aromatic carbocycles. The predicted molar refractivity (Wildman–Crippen MR) is 101 cm³/mol. The van der Waals surface area contributed by atoms with Crippen molar-refractivity contribution in [3.63, 3.8) is 0 Å². The molecule has 1 aliphatic carbocycles. The summed E-state index contributed by atoms with van der Waals surface area (Å²) in [4.78, 5) is 15.1. The van der Waals surface area contributed by atoms with Crippen LogP contribution in [0.2, 0.25) is 0 Å². The Bertz CT molecular complexity index is 587. The van der Waals surface area contributed by atoms with Gasteiger partial charge in [0.05, 0.1) is 0 Å². The second-order valence-corrected chi connectivity index (χ2v) is 8.02. The molecule has 1 amide bonds. The van der Waals surface area contributed by atoms with Gasteiger partial charge in [0.1, 0.15) is 0 Å². The number of nitrogens with zero attached hydrogens (tertiary/aromatic N) is 3. The Morgan fingerprint density at radius 1 is 1.28 bits per heavy atom. The molecule has 0 saturated carbocycles. The fourth-order valence-electron chi connectivity index (χ4n) is 4.12. The average Bonchev–Trinajstić information content (AvgIpc) is 2.99. The lowest BCUT2D eigenvalue weighted by Gasteiger charge is -2.28. The first kappa shape index (κ1) is 18.4. The van der Waals surface area contributed by atoms with Crippen LogP contribution in [-0.4, -0.2) is 46.3 Å². The third-order valence-corrected chi connectivity index (χ3v) is 5.65. The van der Waals surface area contributed by atoms with E-state index in [0.717, 1.165) is 69.9 Å². The maximum Gasteiger partial charge on any atom is 0.274 e. The van der Waals surface area contributed by atoms with Gasteiger partial charge in [0.25, 0.3) is 5.91 Å². The third kappa shape index (κ3) is 4.25. The Labute approximate surface area is 152 Å². The van der Waals surface area contributed by atoms with Gasteiger partial charge in [0, 0.05) is 36.9 Å². The highest BCUT2D eigenvalue weighted by Crippen LogP contribution is 2.26. The number of amides is 1. The van der Waals surface area contributed by atoms with E-state index in [1.54, 1.807) is 0 Å². The van der Waals surface area contributed by atoms with Crippen LogP contribution in [0.3, 0.4) is 0 Å². The monoisotopic (exact) mass is 346 g/mol. The fraction of sp³-hybridized carbons (Fsp3) is 0.800. The molecule has 1 unspecified atom stereocenters. The lowest BCUT2D eigenvalue weighted by molar-refractivity contribution is 0.0716. The highest BCUT2D eigenvalue weighted by Gasteiger charge is 2.31. The van der Waals surface area contributed by atoms with Crippen LogP contribution in [0.4, 0.5) is 0 Å². The molecule has 1 fully saturated rings. The molecule has 0 radical (unpaired) electrons. The maximum absolute atomic E-state index is 13.0. The Hall–Kier alpha value is -1.36. The zero-order valence-corrected chi connectivity index (χ0v) is 16.2. The van der Waals surface area contributed by atoms with Crippen LogP contribution < -0.4 is 5.32 Å². The van der Waals surface area contributed by atoms with Crippen LogP contribution >= 0.6 is 0 Å². The number of piperidine rings is 1. The van der Waals surface area contributed by atoms with Crippen molar-refractivity contribution in [3.8, 4) is 0 Å². The molecule has 3 rings (SSSR count). The number of carbonyl (C=O) groups excluding carboxylic acids is 1. The number of likely N-dealkylation sites (tertiary alicyclic amines) is 1. The third-order valence-electron chi connectivity index (χ3n) is 5.65. The van der Waals surface area contributed by atoms with Crippen molar-refractivity contribution in [1.29, 1.82) is 0 Å². The molecule has 1 aromatic heterocycles. The number of rotatable bonds is 6. The first-order valence-corrected chi connectivity index (χ1v) is 10.2. The fourth-order valence-corrected chi connectivity index (χ4v) is 4.12. The summed E-state index contributed by atoms with van der Waals surface area (Å²) in [6, 6.07) is 0.480. The summed E-state index contributed by atoms with van der Waals surface area (Å²) in [6.45, 7) is 10.3. The van der Waals surface area contributed by atoms with Crippen molar-refractivity contribution in [1.82, 2.24) is 20.0 Å². The van der Waals surface area contributed by atoms with E-state index in [2.05, 4.69) is 30.8 Å². The molecule has 2 heterocycles. The van der Waals surface area contributed by atoms with Gasteiger partial charge in [-0.25, -0.2) is 0 Å². The number of aryl methyl sites for hydroxylation is 1. The number of hydrogen-bond acceptors (Lipinski definition) is 3. The summed E-state index contributed by atoms with van der Waals surface area (Å²) in [7, 11) is 0. The molecule has 140 valence electrons. The number of fused-ring (bicyclic) bond motifs is 1. The SMILES string of the molecule is CCn1nc(C(=O)N2CCCCC2)c2c1CCC(NCCC(C)C)C2. The number of aromatic nitrogens is 2. The van der Waals surface area contributed by atoms with E-state index in [4.69, 9.17) is 5.10 Å². The minimum atomic E-state index is 0.158. The maximum atomic E-state index is 13.0. The predicted octanol–water partition coefficient (Wildman–Crippen LogP) is 3.02. The number of carbonyl (C=O) groups is 1. The van der Waals surface area contributed by atoms with Crippen molar-refractivity contribution in [3.05, 3.63) is 17.0 Å². The molecule has 2 aliphatic rings. The van der Waals surface area contributed by atoms with Gasteiger partial charge in [0.15, 0.2) is 5.69 Å². The average molecular weight is 347 g/mol. The van der Waals surface area contributed by atoms with Gasteiger partial charge in [-0.15, -0.1) is 0 Å². The van der Waals surface area contributed by atoms with Gasteiger partial charge >= 0.3 is 0 Å². The number of nitrogens with one attached hydrogen (secondary N) is 1. The van der Waals surface area contributed by atoms with Crippen LogP contribution in [0.25, 0.3) is 0 Å². The van der Waals surface area contributed by atoms with Crippen molar-refractivity contribution >= 4 is 5.91 Å². The molecular formula is C20H34N4O. The van der Waals surface area contributed by atoms with Crippen molar-refractivity contribution in [2.45, 2.75) is 78.3 Å². The van der Waals surface area contributed by atoms with Gasteiger partial charge in [0.2, 0.25) is 0 Å². The zero-order chi connectivity index (χ0) is 17.8. The molecule has 1 N–H and O–H groups in total. The molecule has 25 heavy (non-hydrogen) atoms. The van der Waals surface area contributed by atoms with Crippen LogP contribution in [-0.2, 0) is 19.4 Å². The second kappa shape index (κ2) is 8.35. The van der Waals surface area contributed by atoms with E-state index in [1.165, 1.54) is 24.1 Å². The second-order valence-electron chi connectivity index (χ2n) is 8.02. The molecular weight excluding hydrogens is 312 g/mol. The highest BCUT2D eigenvalue weighted by atomic mass is 16.2. The first-order chi connectivity index (χ1) is 12.1. The summed E-state index contributed by atoms with van der Waals surface area (Å²) in [5.74, 6) is 0.886. The topological polar surface area (TPSA) is 50.2 Å². The van der Waals surface area contributed by atoms with E-state index in [9.17, 15) is 4.79 Å². The van der Waals surface area contributed by atoms with Gasteiger partial charge in [-0.05, 0) is 64.3 Å². The summed E-state index contributed by atoms with van der Waals surface area (Å²) >= 11 is 0. The minimum Gasteiger partial charge on any atom is -0.337 e. The summed E-state index contributed by atoms with van der Waals surface area (Å²) < 4.78 is 2.07. The Morgan fingerprint density at radius 2 is 2.04 bits per heavy atom. The highest BCUT2D eigenvalue weighted by molar-refractivity contribution is 5.94. The first-order valence-electron chi connectivity index (χ1n) is 10.2. The van der Waals surface area contributed by atoms with Crippen molar-refractivity contribution in [2.24, 2.45) is 5.92 Å². The summed E-state index contributed by atoms with van der Waals surface area (Å²) in [5.41, 5.74) is 3.24. The van der Waals surface area contributed by atoms with Gasteiger partial charge in [-0.1, -0.05) is 13.8 Å². The normalized spacial score (nSPS) is 20.8. The van der Waals surface area contributed by atoms with E-state index >= 15 is 0 Å². The lowest BCUT2D eigenvalue weighted by Crippen LogP contribution is -2.38. The van der Waals surface area contributed by atoms with Gasteiger partial charge in [-0.2, -0.15) is 5.10 Å². The Morgan fingerprint density at radius 3 is 2.72 bits per heavy atom. The summed E-state index contributed by atoms with van der Waals surface area (Å²) in [5, 5.41) is 8.43. The quantitative estimate of drug-likeness (QED) is 0.861. The summed E-state index contributed by atoms with van der Waals surface area (Å²) in [6.07, 6.45) is 7.83. The van der Waals surface area contributed by atoms with Crippen LogP contribution in [0, 0.1) is 5.92 Å². The number of hydrogen-bond donors (Lipinski definition) is 1. The van der Waals surface area contributed by atoms with Crippen LogP contribution in [0.5, 0.6) is 0 Å². The molecule has 1 saturated heterocycles. The van der Waals surface area contributed by atoms with Gasteiger partial charge in [-0.3, -0.25) is 9.48 Å². The molecule has 1 aliphatic heterocycles. The molecule has 0 bridgehead atoms. The standard InChI is InChI=1S/C20H34N4O/c1-4-24-18-9-8-16(21-11-10-15(2)3)14-17(18)19(22-24)20(25)23-12-6-5-7-13-23/h15-16,21H,4-14H2,1-3H3. The van der Waals surface area contributed by atoms with Crippen molar-refractivity contribution in [2.75, 3.05) is 19.6 Å².